The number of esters is 1. The van der Waals surface area contributed by atoms with E-state index in [1.165, 1.54) is 12.1 Å². The molecule has 0 N–H and O–H groups in total. The maximum Gasteiger partial charge on any atom is 0.345 e. The number of hydrogen-bond donors (Lipinski definition) is 0. The second kappa shape index (κ2) is 7.05. The molecule has 0 bridgehead atoms. The fourth-order valence-electron chi connectivity index (χ4n) is 1.96. The summed E-state index contributed by atoms with van der Waals surface area (Å²) in [5, 5.41) is 14.9. The molecule has 0 aliphatic heterocycles. The molecule has 2 aromatic heterocycles. The first-order valence-corrected chi connectivity index (χ1v) is 7.26. The van der Waals surface area contributed by atoms with Gasteiger partial charge in [0.15, 0.2) is 6.61 Å². The first kappa shape index (κ1) is 16.5. The van der Waals surface area contributed by atoms with E-state index in [0.29, 0.717) is 5.56 Å². The number of nitro benzene ring substituents is 1. The molecule has 0 spiro atoms. The van der Waals surface area contributed by atoms with Crippen LogP contribution >= 0.6 is 11.6 Å². The number of pyridine rings is 1. The summed E-state index contributed by atoms with van der Waals surface area (Å²) in [6.45, 7) is -0.328. The molecule has 0 aliphatic carbocycles. The average Bonchev–Trinajstić information content (AvgIpc) is 3.09. The van der Waals surface area contributed by atoms with Gasteiger partial charge in [0.1, 0.15) is 5.56 Å². The molecule has 2 heterocycles. The van der Waals surface area contributed by atoms with Gasteiger partial charge in [-0.3, -0.25) is 15.1 Å². The Kier molecular flexibility index (Phi) is 4.66. The Morgan fingerprint density at radius 3 is 2.92 bits per heavy atom. The maximum absolute atomic E-state index is 12.1. The van der Waals surface area contributed by atoms with Crippen LogP contribution in [0.25, 0.3) is 11.4 Å². The molecule has 0 fully saturated rings. The summed E-state index contributed by atoms with van der Waals surface area (Å²) >= 11 is 5.70. The minimum absolute atomic E-state index is 0.0452. The highest BCUT2D eigenvalue weighted by molar-refractivity contribution is 6.31. The zero-order valence-corrected chi connectivity index (χ0v) is 13.2. The molecule has 3 aromatic rings. The molecule has 0 atom stereocenters. The fourth-order valence-corrected chi connectivity index (χ4v) is 2.13. The van der Waals surface area contributed by atoms with E-state index in [4.69, 9.17) is 20.9 Å². The lowest BCUT2D eigenvalue weighted by molar-refractivity contribution is -0.385. The number of nitrogens with zero attached hydrogens (tertiary/aromatic N) is 4. The standard InChI is InChI=1S/C15H9ClN4O5/c16-10-3-4-11(12(6-10)20(22)23)15(21)24-8-13-18-14(19-25-13)9-2-1-5-17-7-9/h1-7H,8H2. The molecule has 25 heavy (non-hydrogen) atoms. The van der Waals surface area contributed by atoms with Crippen LogP contribution < -0.4 is 0 Å². The molecule has 0 unspecified atom stereocenters. The van der Waals surface area contributed by atoms with Crippen LogP contribution in [0.4, 0.5) is 5.69 Å². The van der Waals surface area contributed by atoms with Crippen molar-refractivity contribution in [3.05, 3.63) is 69.3 Å². The van der Waals surface area contributed by atoms with E-state index in [-0.39, 0.29) is 28.9 Å². The second-order valence-electron chi connectivity index (χ2n) is 4.75. The molecule has 10 heteroatoms. The lowest BCUT2D eigenvalue weighted by atomic mass is 10.2. The number of carbonyl (C=O) groups excluding carboxylic acids is 1. The Hall–Kier alpha value is -3.33. The van der Waals surface area contributed by atoms with E-state index in [2.05, 4.69) is 15.1 Å². The van der Waals surface area contributed by atoms with Gasteiger partial charge in [0.05, 0.1) is 4.92 Å². The number of rotatable bonds is 5. The van der Waals surface area contributed by atoms with Crippen molar-refractivity contribution in [2.75, 3.05) is 0 Å². The van der Waals surface area contributed by atoms with Gasteiger partial charge in [0, 0.05) is 29.0 Å². The second-order valence-corrected chi connectivity index (χ2v) is 5.18. The average molecular weight is 361 g/mol. The van der Waals surface area contributed by atoms with Crippen LogP contribution in [0.15, 0.2) is 47.2 Å². The zero-order chi connectivity index (χ0) is 17.8. The predicted molar refractivity (Wildman–Crippen MR) is 84.8 cm³/mol. The molecule has 1 aromatic carbocycles. The third kappa shape index (κ3) is 3.78. The first-order valence-electron chi connectivity index (χ1n) is 6.88. The summed E-state index contributed by atoms with van der Waals surface area (Å²) in [7, 11) is 0. The van der Waals surface area contributed by atoms with Crippen LogP contribution in [0.5, 0.6) is 0 Å². The van der Waals surface area contributed by atoms with Crippen molar-refractivity contribution in [1.29, 1.82) is 0 Å². The van der Waals surface area contributed by atoms with E-state index in [1.54, 1.807) is 24.5 Å². The quantitative estimate of drug-likeness (QED) is 0.386. The normalized spacial score (nSPS) is 10.4. The first-order chi connectivity index (χ1) is 12.0. The fraction of sp³-hybridized carbons (Fsp3) is 0.0667. The largest absolute Gasteiger partial charge is 0.452 e. The summed E-state index contributed by atoms with van der Waals surface area (Å²) in [6.07, 6.45) is 3.16. The monoisotopic (exact) mass is 360 g/mol. The number of carbonyl (C=O) groups is 1. The van der Waals surface area contributed by atoms with Gasteiger partial charge < -0.3 is 9.26 Å². The number of benzene rings is 1. The molecule has 3 rings (SSSR count). The summed E-state index contributed by atoms with van der Waals surface area (Å²) in [5.74, 6) is -0.565. The topological polar surface area (TPSA) is 121 Å². The Bertz CT molecular complexity index is 929. The van der Waals surface area contributed by atoms with Crippen LogP contribution in [-0.2, 0) is 11.3 Å². The van der Waals surface area contributed by atoms with E-state index in [1.807, 2.05) is 0 Å². The van der Waals surface area contributed by atoms with Gasteiger partial charge in [-0.15, -0.1) is 0 Å². The number of aromatic nitrogens is 3. The van der Waals surface area contributed by atoms with Crippen molar-refractivity contribution in [3.63, 3.8) is 0 Å². The lowest BCUT2D eigenvalue weighted by Gasteiger charge is -2.03. The molecule has 0 saturated carbocycles. The van der Waals surface area contributed by atoms with Gasteiger partial charge in [-0.1, -0.05) is 16.8 Å². The van der Waals surface area contributed by atoms with Crippen molar-refractivity contribution in [1.82, 2.24) is 15.1 Å². The van der Waals surface area contributed by atoms with Crippen molar-refractivity contribution in [2.24, 2.45) is 0 Å². The van der Waals surface area contributed by atoms with Gasteiger partial charge in [-0.05, 0) is 24.3 Å². The number of nitro groups is 1. The maximum atomic E-state index is 12.1. The minimum atomic E-state index is -0.899. The molecule has 9 nitrogen and oxygen atoms in total. The highest BCUT2D eigenvalue weighted by atomic mass is 35.5. The number of ether oxygens (including phenoxy) is 1. The van der Waals surface area contributed by atoms with E-state index in [0.717, 1.165) is 6.07 Å². The van der Waals surface area contributed by atoms with E-state index >= 15 is 0 Å². The highest BCUT2D eigenvalue weighted by Gasteiger charge is 2.22. The van der Waals surface area contributed by atoms with Crippen LogP contribution in [0.3, 0.4) is 0 Å². The molecular formula is C15H9ClN4O5. The van der Waals surface area contributed by atoms with E-state index in [9.17, 15) is 14.9 Å². The zero-order valence-electron chi connectivity index (χ0n) is 12.5. The van der Waals surface area contributed by atoms with Crippen LogP contribution in [-0.4, -0.2) is 26.0 Å². The summed E-state index contributed by atoms with van der Waals surface area (Å²) < 4.78 is 9.98. The number of hydrogen-bond acceptors (Lipinski definition) is 8. The molecule has 0 amide bonds. The van der Waals surface area contributed by atoms with Gasteiger partial charge in [-0.25, -0.2) is 4.79 Å². The van der Waals surface area contributed by atoms with Gasteiger partial charge >= 0.3 is 5.97 Å². The predicted octanol–water partition coefficient (Wildman–Crippen LogP) is 3.05. The van der Waals surface area contributed by atoms with Crippen LogP contribution in [0.1, 0.15) is 16.2 Å². The van der Waals surface area contributed by atoms with Gasteiger partial charge in [0.2, 0.25) is 5.82 Å². The summed E-state index contributed by atoms with van der Waals surface area (Å²) in [5.41, 5.74) is -0.0300. The highest BCUT2D eigenvalue weighted by Crippen LogP contribution is 2.24. The SMILES string of the molecule is O=C(OCc1nc(-c2cccnc2)no1)c1ccc(Cl)cc1[N+](=O)[O-]. The molecular weight excluding hydrogens is 352 g/mol. The third-order valence-corrected chi connectivity index (χ3v) is 3.33. The Morgan fingerprint density at radius 1 is 1.36 bits per heavy atom. The third-order valence-electron chi connectivity index (χ3n) is 3.09. The van der Waals surface area contributed by atoms with Crippen molar-refractivity contribution >= 4 is 23.3 Å². The molecule has 0 radical (unpaired) electrons. The summed E-state index contributed by atoms with van der Waals surface area (Å²) in [4.78, 5) is 30.4. The van der Waals surface area contributed by atoms with Crippen molar-refractivity contribution in [3.8, 4) is 11.4 Å². The van der Waals surface area contributed by atoms with E-state index < -0.39 is 16.6 Å². The van der Waals surface area contributed by atoms with Gasteiger partial charge in [-0.2, -0.15) is 4.98 Å². The molecule has 0 aliphatic rings. The molecule has 0 saturated heterocycles. The van der Waals surface area contributed by atoms with Crippen molar-refractivity contribution in [2.45, 2.75) is 6.61 Å². The lowest BCUT2D eigenvalue weighted by Crippen LogP contribution is -2.08. The van der Waals surface area contributed by atoms with Gasteiger partial charge in [0.25, 0.3) is 11.6 Å². The Morgan fingerprint density at radius 2 is 2.20 bits per heavy atom. The summed E-state index contributed by atoms with van der Waals surface area (Å²) in [6, 6.07) is 7.11. The van der Waals surface area contributed by atoms with Crippen molar-refractivity contribution < 1.29 is 19.0 Å². The van der Waals surface area contributed by atoms with Crippen LogP contribution in [0, 0.1) is 10.1 Å². The Labute approximate surface area is 145 Å². The molecule has 126 valence electrons. The van der Waals surface area contributed by atoms with Crippen LogP contribution in [0.2, 0.25) is 5.02 Å². The smallest absolute Gasteiger partial charge is 0.345 e. The number of halogens is 1. The Balaban J connectivity index is 1.71. The minimum Gasteiger partial charge on any atom is -0.452 e.